The van der Waals surface area contributed by atoms with Crippen molar-refractivity contribution in [3.63, 3.8) is 0 Å². The van der Waals surface area contributed by atoms with E-state index in [0.29, 0.717) is 6.07 Å². The first kappa shape index (κ1) is 23.0. The molecule has 0 aliphatic rings. The molecule has 27 heavy (non-hydrogen) atoms. The van der Waals surface area contributed by atoms with Crippen LogP contribution in [0.15, 0.2) is 18.2 Å². The quantitative estimate of drug-likeness (QED) is 0.636. The van der Waals surface area contributed by atoms with Gasteiger partial charge in [0.2, 0.25) is 0 Å². The second-order valence-electron chi connectivity index (χ2n) is 5.02. The summed E-state index contributed by atoms with van der Waals surface area (Å²) < 4.78 is 128. The van der Waals surface area contributed by atoms with E-state index in [1.807, 2.05) is 0 Å². The first-order valence-electron chi connectivity index (χ1n) is 6.40. The molecule has 1 aromatic rings. The van der Waals surface area contributed by atoms with Crippen molar-refractivity contribution in [3.8, 4) is 0 Å². The van der Waals surface area contributed by atoms with E-state index < -0.39 is 57.2 Å². The number of rotatable bonds is 3. The smallest absolute Gasteiger partial charge is 0.267 e. The third kappa shape index (κ3) is 4.12. The Bertz CT molecular complexity index is 718. The fourth-order valence-electron chi connectivity index (χ4n) is 1.66. The SMILES string of the molecule is Cc1ccc(Cl)cc1N(C(=O)C(F)(F)C(F)(F)F)C(=O)C(F)(F)C(F)(F)F. The van der Waals surface area contributed by atoms with Crippen molar-refractivity contribution >= 4 is 29.1 Å². The van der Waals surface area contributed by atoms with Crippen LogP contribution in [-0.2, 0) is 9.59 Å². The van der Waals surface area contributed by atoms with Crippen LogP contribution in [0.25, 0.3) is 0 Å². The first-order valence-corrected chi connectivity index (χ1v) is 6.77. The second kappa shape index (κ2) is 6.84. The molecule has 1 rings (SSSR count). The summed E-state index contributed by atoms with van der Waals surface area (Å²) in [6.07, 6.45) is -13.4. The Morgan fingerprint density at radius 3 is 1.52 bits per heavy atom. The van der Waals surface area contributed by atoms with Crippen molar-refractivity contribution in [1.29, 1.82) is 0 Å². The van der Waals surface area contributed by atoms with Gasteiger partial charge in [0.15, 0.2) is 0 Å². The maximum absolute atomic E-state index is 13.3. The zero-order chi connectivity index (χ0) is 21.6. The number of anilines is 1. The molecule has 2 amide bonds. The zero-order valence-electron chi connectivity index (χ0n) is 12.7. The van der Waals surface area contributed by atoms with Gasteiger partial charge in [0.25, 0.3) is 0 Å². The van der Waals surface area contributed by atoms with Crippen LogP contribution < -0.4 is 4.90 Å². The molecule has 0 aliphatic carbocycles. The third-order valence-electron chi connectivity index (χ3n) is 3.07. The van der Waals surface area contributed by atoms with Crippen LogP contribution >= 0.6 is 11.6 Å². The van der Waals surface area contributed by atoms with Crippen LogP contribution in [0.2, 0.25) is 5.02 Å². The van der Waals surface area contributed by atoms with Crippen molar-refractivity contribution in [1.82, 2.24) is 0 Å². The van der Waals surface area contributed by atoms with E-state index in [2.05, 4.69) is 0 Å². The highest BCUT2D eigenvalue weighted by atomic mass is 35.5. The molecule has 0 fully saturated rings. The highest BCUT2D eigenvalue weighted by Crippen LogP contribution is 2.42. The molecule has 0 aromatic heterocycles. The van der Waals surface area contributed by atoms with Gasteiger partial charge in [0, 0.05) is 5.02 Å². The number of hydrogen-bond acceptors (Lipinski definition) is 2. The Kier molecular flexibility index (Phi) is 5.82. The lowest BCUT2D eigenvalue weighted by Crippen LogP contribution is -2.60. The van der Waals surface area contributed by atoms with Crippen molar-refractivity contribution in [2.24, 2.45) is 0 Å². The van der Waals surface area contributed by atoms with Gasteiger partial charge in [-0.15, -0.1) is 0 Å². The number of amides is 2. The van der Waals surface area contributed by atoms with E-state index in [1.54, 1.807) is 0 Å². The molecule has 0 spiro atoms. The molecular weight excluding hydrogens is 428 g/mol. The van der Waals surface area contributed by atoms with E-state index in [1.165, 1.54) is 0 Å². The number of benzene rings is 1. The van der Waals surface area contributed by atoms with Crippen molar-refractivity contribution < 1.29 is 53.5 Å². The van der Waals surface area contributed by atoms with E-state index in [-0.39, 0.29) is 0 Å². The van der Waals surface area contributed by atoms with Gasteiger partial charge >= 0.3 is 36.0 Å². The molecule has 3 nitrogen and oxygen atoms in total. The normalized spacial score (nSPS) is 13.5. The lowest BCUT2D eigenvalue weighted by molar-refractivity contribution is -0.273. The molecule has 0 saturated heterocycles. The van der Waals surface area contributed by atoms with Gasteiger partial charge in [0.05, 0.1) is 5.69 Å². The molecule has 152 valence electrons. The minimum atomic E-state index is -6.68. The van der Waals surface area contributed by atoms with Gasteiger partial charge in [-0.05, 0) is 24.6 Å². The Hall–Kier alpha value is -2.05. The molecule has 0 aliphatic heterocycles. The predicted molar refractivity (Wildman–Crippen MR) is 70.7 cm³/mol. The summed E-state index contributed by atoms with van der Waals surface area (Å²) in [6.45, 7) is 0.844. The number of alkyl halides is 10. The molecular formula is C13H6ClF10NO2. The largest absolute Gasteiger partial charge is 0.463 e. The number of carbonyl (C=O) groups excluding carboxylic acids is 2. The van der Waals surface area contributed by atoms with E-state index in [0.717, 1.165) is 19.1 Å². The van der Waals surface area contributed by atoms with Crippen molar-refractivity contribution in [2.45, 2.75) is 31.1 Å². The number of imide groups is 1. The summed E-state index contributed by atoms with van der Waals surface area (Å²) in [4.78, 5) is 21.6. The average molecular weight is 434 g/mol. The summed E-state index contributed by atoms with van der Waals surface area (Å²) in [7, 11) is 0. The van der Waals surface area contributed by atoms with E-state index in [4.69, 9.17) is 11.6 Å². The fourth-order valence-corrected chi connectivity index (χ4v) is 1.82. The van der Waals surface area contributed by atoms with Crippen LogP contribution in [0.3, 0.4) is 0 Å². The predicted octanol–water partition coefficient (Wildman–Crippen LogP) is 4.90. The Morgan fingerprint density at radius 2 is 1.19 bits per heavy atom. The monoisotopic (exact) mass is 433 g/mol. The number of nitrogens with zero attached hydrogens (tertiary/aromatic N) is 1. The standard InChI is InChI=1S/C13H6ClF10NO2/c1-5-2-3-6(14)4-7(5)25(8(26)10(15,16)12(19,20)21)9(27)11(17,18)13(22,23)24/h2-4H,1H3. The Balaban J connectivity index is 3.73. The molecule has 0 N–H and O–H groups in total. The molecule has 0 saturated carbocycles. The van der Waals surface area contributed by atoms with Crippen molar-refractivity contribution in [2.75, 3.05) is 4.90 Å². The van der Waals surface area contributed by atoms with Crippen LogP contribution in [0, 0.1) is 6.92 Å². The van der Waals surface area contributed by atoms with Gasteiger partial charge in [0.1, 0.15) is 0 Å². The summed E-state index contributed by atoms with van der Waals surface area (Å²) in [5.74, 6) is -20.2. The van der Waals surface area contributed by atoms with E-state index >= 15 is 0 Å². The minimum absolute atomic E-state index is 0.311. The molecule has 0 radical (unpaired) electrons. The molecule has 0 unspecified atom stereocenters. The minimum Gasteiger partial charge on any atom is -0.267 e. The lowest BCUT2D eigenvalue weighted by atomic mass is 10.1. The molecule has 0 heterocycles. The number of hydrogen-bond donors (Lipinski definition) is 0. The summed E-state index contributed by atoms with van der Waals surface area (Å²) >= 11 is 5.41. The molecule has 14 heteroatoms. The maximum Gasteiger partial charge on any atom is 0.463 e. The number of aryl methyl sites for hydroxylation is 1. The molecule has 0 bridgehead atoms. The van der Waals surface area contributed by atoms with Gasteiger partial charge in [-0.25, -0.2) is 4.90 Å². The third-order valence-corrected chi connectivity index (χ3v) is 3.30. The fraction of sp³-hybridized carbons (Fsp3) is 0.385. The van der Waals surface area contributed by atoms with Crippen LogP contribution in [0.5, 0.6) is 0 Å². The van der Waals surface area contributed by atoms with Crippen LogP contribution in [0.4, 0.5) is 49.6 Å². The topological polar surface area (TPSA) is 37.4 Å². The van der Waals surface area contributed by atoms with E-state index in [9.17, 15) is 53.5 Å². The number of carbonyl (C=O) groups is 2. The first-order chi connectivity index (χ1) is 11.9. The maximum atomic E-state index is 13.3. The number of halogens is 11. The Labute approximate surface area is 148 Å². The summed E-state index contributed by atoms with van der Waals surface area (Å²) in [6, 6.07) is 2.06. The van der Waals surface area contributed by atoms with Crippen LogP contribution in [-0.4, -0.2) is 36.0 Å². The second-order valence-corrected chi connectivity index (χ2v) is 5.46. The molecule has 1 aromatic carbocycles. The van der Waals surface area contributed by atoms with Crippen LogP contribution in [0.1, 0.15) is 5.56 Å². The highest BCUT2D eigenvalue weighted by Gasteiger charge is 2.70. The van der Waals surface area contributed by atoms with Gasteiger partial charge < -0.3 is 0 Å². The summed E-state index contributed by atoms with van der Waals surface area (Å²) in [5, 5.41) is -0.549. The van der Waals surface area contributed by atoms with Gasteiger partial charge in [-0.2, -0.15) is 43.9 Å². The average Bonchev–Trinajstić information content (AvgIpc) is 2.48. The zero-order valence-corrected chi connectivity index (χ0v) is 13.4. The molecule has 0 atom stereocenters. The van der Waals surface area contributed by atoms with Gasteiger partial charge in [-0.1, -0.05) is 17.7 Å². The van der Waals surface area contributed by atoms with Gasteiger partial charge in [-0.3, -0.25) is 9.59 Å². The highest BCUT2D eigenvalue weighted by molar-refractivity contribution is 6.31. The summed E-state index contributed by atoms with van der Waals surface area (Å²) in [5.41, 5.74) is -1.96. The lowest BCUT2D eigenvalue weighted by Gasteiger charge is -2.30. The Morgan fingerprint density at radius 1 is 0.815 bits per heavy atom. The van der Waals surface area contributed by atoms with Crippen molar-refractivity contribution in [3.05, 3.63) is 28.8 Å².